The first-order valence-electron chi connectivity index (χ1n) is 4.06. The highest BCUT2D eigenvalue weighted by Gasteiger charge is 2.08. The van der Waals surface area contributed by atoms with E-state index >= 15 is 0 Å². The monoisotopic (exact) mass is 201 g/mol. The number of nitrogens with two attached hydrogens (primary N) is 1. The molecule has 74 valence electrons. The van der Waals surface area contributed by atoms with Crippen molar-refractivity contribution >= 4 is 5.69 Å². The number of nitro groups is 1. The molecular formula is C10H7N3O2. The molecule has 0 spiro atoms. The maximum atomic E-state index is 10.5. The summed E-state index contributed by atoms with van der Waals surface area (Å²) in [7, 11) is 0. The Morgan fingerprint density at radius 1 is 1.40 bits per heavy atom. The molecule has 0 atom stereocenters. The van der Waals surface area contributed by atoms with Crippen molar-refractivity contribution in [2.75, 3.05) is 6.54 Å². The molecule has 0 amide bonds. The van der Waals surface area contributed by atoms with E-state index in [1.807, 2.05) is 6.07 Å². The van der Waals surface area contributed by atoms with E-state index in [4.69, 9.17) is 11.0 Å². The van der Waals surface area contributed by atoms with Crippen molar-refractivity contribution in [2.24, 2.45) is 5.73 Å². The van der Waals surface area contributed by atoms with Gasteiger partial charge in [0.25, 0.3) is 5.69 Å². The highest BCUT2D eigenvalue weighted by Crippen LogP contribution is 2.15. The van der Waals surface area contributed by atoms with E-state index < -0.39 is 4.92 Å². The maximum Gasteiger partial charge on any atom is 0.271 e. The molecule has 0 aliphatic rings. The molecule has 0 fully saturated rings. The number of hydrogen-bond acceptors (Lipinski definition) is 4. The van der Waals surface area contributed by atoms with Crippen LogP contribution in [-0.4, -0.2) is 11.5 Å². The number of nitrogens with zero attached hydrogens (tertiary/aromatic N) is 2. The predicted molar refractivity (Wildman–Crippen MR) is 53.7 cm³/mol. The molecule has 1 rings (SSSR count). The Hall–Kier alpha value is -2.37. The van der Waals surface area contributed by atoms with Gasteiger partial charge in [-0.2, -0.15) is 5.26 Å². The lowest BCUT2D eigenvalue weighted by atomic mass is 10.1. The molecule has 15 heavy (non-hydrogen) atoms. The normalized spacial score (nSPS) is 8.53. The lowest BCUT2D eigenvalue weighted by molar-refractivity contribution is -0.384. The third-order valence-electron chi connectivity index (χ3n) is 1.59. The van der Waals surface area contributed by atoms with Gasteiger partial charge >= 0.3 is 0 Å². The van der Waals surface area contributed by atoms with Crippen molar-refractivity contribution < 1.29 is 4.92 Å². The number of non-ortho nitro benzene ring substituents is 1. The zero-order valence-electron chi connectivity index (χ0n) is 7.73. The van der Waals surface area contributed by atoms with Crippen molar-refractivity contribution in [1.82, 2.24) is 0 Å². The number of benzene rings is 1. The SMILES string of the molecule is N#Cc1cc(C#CCN)cc([N+](=O)[O-])c1. The van der Waals surface area contributed by atoms with Gasteiger partial charge in [-0.05, 0) is 6.07 Å². The van der Waals surface area contributed by atoms with Gasteiger partial charge in [0.05, 0.1) is 23.1 Å². The van der Waals surface area contributed by atoms with Gasteiger partial charge in [0.1, 0.15) is 0 Å². The number of nitro benzene ring substituents is 1. The number of hydrogen-bond donors (Lipinski definition) is 1. The van der Waals surface area contributed by atoms with E-state index in [1.54, 1.807) is 0 Å². The smallest absolute Gasteiger partial charge is 0.271 e. The molecule has 0 bridgehead atoms. The third kappa shape index (κ3) is 2.80. The van der Waals surface area contributed by atoms with E-state index in [0.29, 0.717) is 5.56 Å². The van der Waals surface area contributed by atoms with Crippen LogP contribution in [0.2, 0.25) is 0 Å². The average molecular weight is 201 g/mol. The molecule has 5 heteroatoms. The van der Waals surface area contributed by atoms with E-state index in [0.717, 1.165) is 0 Å². The molecule has 0 radical (unpaired) electrons. The minimum atomic E-state index is -0.561. The van der Waals surface area contributed by atoms with E-state index in [9.17, 15) is 10.1 Å². The Kier molecular flexibility index (Phi) is 3.39. The minimum Gasteiger partial charge on any atom is -0.320 e. The van der Waals surface area contributed by atoms with Crippen LogP contribution in [0.1, 0.15) is 11.1 Å². The van der Waals surface area contributed by atoms with Crippen LogP contribution in [-0.2, 0) is 0 Å². The van der Waals surface area contributed by atoms with Crippen molar-refractivity contribution in [3.8, 4) is 17.9 Å². The van der Waals surface area contributed by atoms with Gasteiger partial charge in [-0.25, -0.2) is 0 Å². The van der Waals surface area contributed by atoms with Gasteiger partial charge in [0, 0.05) is 17.7 Å². The number of rotatable bonds is 1. The molecule has 5 nitrogen and oxygen atoms in total. The molecule has 1 aromatic rings. The summed E-state index contributed by atoms with van der Waals surface area (Å²) in [6.45, 7) is 0.171. The van der Waals surface area contributed by atoms with Crippen LogP contribution in [0.25, 0.3) is 0 Å². The second-order valence-corrected chi connectivity index (χ2v) is 2.64. The first kappa shape index (κ1) is 10.7. The van der Waals surface area contributed by atoms with Gasteiger partial charge < -0.3 is 5.73 Å². The summed E-state index contributed by atoms with van der Waals surface area (Å²) in [5, 5.41) is 19.2. The third-order valence-corrected chi connectivity index (χ3v) is 1.59. The van der Waals surface area contributed by atoms with Crippen LogP contribution in [0.4, 0.5) is 5.69 Å². The first-order chi connectivity index (χ1) is 7.17. The quantitative estimate of drug-likeness (QED) is 0.412. The van der Waals surface area contributed by atoms with Crippen LogP contribution in [0, 0.1) is 33.3 Å². The second kappa shape index (κ2) is 4.75. The molecule has 2 N–H and O–H groups in total. The Bertz CT molecular complexity index is 492. The van der Waals surface area contributed by atoms with Crippen LogP contribution in [0.3, 0.4) is 0 Å². The predicted octanol–water partition coefficient (Wildman–Crippen LogP) is 0.777. The molecule has 0 aliphatic carbocycles. The highest BCUT2D eigenvalue weighted by atomic mass is 16.6. The summed E-state index contributed by atoms with van der Waals surface area (Å²) in [5.41, 5.74) is 5.66. The lowest BCUT2D eigenvalue weighted by Gasteiger charge is -1.94. The van der Waals surface area contributed by atoms with Crippen molar-refractivity contribution in [3.05, 3.63) is 39.4 Å². The van der Waals surface area contributed by atoms with Gasteiger partial charge in [0.15, 0.2) is 0 Å². The number of nitriles is 1. The summed E-state index contributed by atoms with van der Waals surface area (Å²) < 4.78 is 0. The van der Waals surface area contributed by atoms with Crippen LogP contribution in [0.5, 0.6) is 0 Å². The molecule has 0 saturated heterocycles. The fraction of sp³-hybridized carbons (Fsp3) is 0.100. The van der Waals surface area contributed by atoms with Gasteiger partial charge in [0.2, 0.25) is 0 Å². The zero-order valence-corrected chi connectivity index (χ0v) is 7.73. The van der Waals surface area contributed by atoms with Crippen molar-refractivity contribution in [1.29, 1.82) is 5.26 Å². The molecule has 0 heterocycles. The Morgan fingerprint density at radius 2 is 2.07 bits per heavy atom. The highest BCUT2D eigenvalue weighted by molar-refractivity contribution is 5.50. The Labute approximate surface area is 86.3 Å². The summed E-state index contributed by atoms with van der Waals surface area (Å²) in [6.07, 6.45) is 0. The fourth-order valence-electron chi connectivity index (χ4n) is 1.01. The molecule has 0 unspecified atom stereocenters. The summed E-state index contributed by atoms with van der Waals surface area (Å²) >= 11 is 0. The molecular weight excluding hydrogens is 194 g/mol. The standard InChI is InChI=1S/C10H7N3O2/c11-3-1-2-8-4-9(7-12)6-10(5-8)13(14)15/h4-6H,3,11H2. The summed E-state index contributed by atoms with van der Waals surface area (Å²) in [5.74, 6) is 5.21. The zero-order chi connectivity index (χ0) is 11.3. The fourth-order valence-corrected chi connectivity index (χ4v) is 1.01. The maximum absolute atomic E-state index is 10.5. The van der Waals surface area contributed by atoms with E-state index in [-0.39, 0.29) is 17.8 Å². The molecule has 0 aromatic heterocycles. The van der Waals surface area contributed by atoms with Gasteiger partial charge in [-0.1, -0.05) is 11.8 Å². The van der Waals surface area contributed by atoms with Gasteiger partial charge in [-0.15, -0.1) is 0 Å². The summed E-state index contributed by atoms with van der Waals surface area (Å²) in [6, 6.07) is 5.83. The molecule has 1 aromatic carbocycles. The second-order valence-electron chi connectivity index (χ2n) is 2.64. The Morgan fingerprint density at radius 3 is 2.60 bits per heavy atom. The van der Waals surface area contributed by atoms with Crippen molar-refractivity contribution in [3.63, 3.8) is 0 Å². The molecule has 0 aliphatic heterocycles. The van der Waals surface area contributed by atoms with Gasteiger partial charge in [-0.3, -0.25) is 10.1 Å². The van der Waals surface area contributed by atoms with Crippen LogP contribution in [0.15, 0.2) is 18.2 Å². The topological polar surface area (TPSA) is 93.0 Å². The average Bonchev–Trinajstić information content (AvgIpc) is 2.25. The molecule has 0 saturated carbocycles. The Balaban J connectivity index is 3.24. The minimum absolute atomic E-state index is 0.143. The van der Waals surface area contributed by atoms with Crippen molar-refractivity contribution in [2.45, 2.75) is 0 Å². The summed E-state index contributed by atoms with van der Waals surface area (Å²) in [4.78, 5) is 9.96. The largest absolute Gasteiger partial charge is 0.320 e. The lowest BCUT2D eigenvalue weighted by Crippen LogP contribution is -1.94. The van der Waals surface area contributed by atoms with Crippen LogP contribution >= 0.6 is 0 Å². The first-order valence-corrected chi connectivity index (χ1v) is 4.06. The van der Waals surface area contributed by atoms with E-state index in [2.05, 4.69) is 11.8 Å². The van der Waals surface area contributed by atoms with E-state index in [1.165, 1.54) is 18.2 Å². The van der Waals surface area contributed by atoms with Crippen LogP contribution < -0.4 is 5.73 Å².